The lowest BCUT2D eigenvalue weighted by molar-refractivity contribution is -0.153. The van der Waals surface area contributed by atoms with Gasteiger partial charge in [0.05, 0.1) is 5.41 Å². The molecular weight excluding hydrogens is 267 g/mol. The molecule has 0 heterocycles. The molecule has 20 heavy (non-hydrogen) atoms. The van der Waals surface area contributed by atoms with Gasteiger partial charge < -0.3 is 10.2 Å². The van der Waals surface area contributed by atoms with Crippen LogP contribution in [0.2, 0.25) is 0 Å². The van der Waals surface area contributed by atoms with E-state index < -0.39 is 41.3 Å². The number of halogens is 1. The van der Waals surface area contributed by atoms with E-state index in [4.69, 9.17) is 5.11 Å². The summed E-state index contributed by atoms with van der Waals surface area (Å²) in [4.78, 5) is 34.3. The van der Waals surface area contributed by atoms with E-state index in [1.54, 1.807) is 0 Å². The zero-order valence-electron chi connectivity index (χ0n) is 10.5. The fraction of sp³-hybridized carbons (Fsp3) is 0.357. The Labute approximate surface area is 114 Å². The molecule has 0 saturated heterocycles. The number of ketones is 1. The molecular formula is C14H13FO5. The number of carbonyl (C=O) groups is 3. The average molecular weight is 280 g/mol. The monoisotopic (exact) mass is 280 g/mol. The Bertz CT molecular complexity index is 583. The Morgan fingerprint density at radius 3 is 2.45 bits per heavy atom. The van der Waals surface area contributed by atoms with Crippen LogP contribution in [0.5, 0.6) is 0 Å². The molecule has 2 unspecified atom stereocenters. The summed E-state index contributed by atoms with van der Waals surface area (Å²) in [6, 6.07) is 5.39. The van der Waals surface area contributed by atoms with Gasteiger partial charge in [0.1, 0.15) is 17.5 Å². The molecule has 0 bridgehead atoms. The van der Waals surface area contributed by atoms with Gasteiger partial charge in [-0.25, -0.2) is 4.39 Å². The van der Waals surface area contributed by atoms with Gasteiger partial charge in [-0.1, -0.05) is 18.2 Å². The van der Waals surface area contributed by atoms with Crippen LogP contribution in [0.25, 0.3) is 0 Å². The number of benzene rings is 1. The molecule has 106 valence electrons. The van der Waals surface area contributed by atoms with E-state index in [1.165, 1.54) is 18.2 Å². The highest BCUT2D eigenvalue weighted by Gasteiger charge is 2.50. The Kier molecular flexibility index (Phi) is 3.57. The molecule has 1 saturated carbocycles. The van der Waals surface area contributed by atoms with Gasteiger partial charge in [-0.3, -0.25) is 14.4 Å². The largest absolute Gasteiger partial charge is 0.481 e. The third kappa shape index (κ3) is 2.17. The zero-order valence-corrected chi connectivity index (χ0v) is 10.5. The molecule has 0 aliphatic heterocycles. The van der Waals surface area contributed by atoms with Crippen LogP contribution in [0.15, 0.2) is 24.3 Å². The van der Waals surface area contributed by atoms with Crippen molar-refractivity contribution in [1.82, 2.24) is 0 Å². The first-order valence-corrected chi connectivity index (χ1v) is 6.12. The lowest BCUT2D eigenvalue weighted by Gasteiger charge is -2.35. The van der Waals surface area contributed by atoms with Crippen LogP contribution in [-0.2, 0) is 19.8 Å². The maximum Gasteiger partial charge on any atom is 0.314 e. The molecule has 1 aliphatic rings. The summed E-state index contributed by atoms with van der Waals surface area (Å²) < 4.78 is 13.9. The van der Waals surface area contributed by atoms with Gasteiger partial charge >= 0.3 is 11.9 Å². The molecule has 0 aromatic heterocycles. The minimum absolute atomic E-state index is 0.0637. The van der Waals surface area contributed by atoms with Crippen LogP contribution < -0.4 is 0 Å². The molecule has 0 spiro atoms. The van der Waals surface area contributed by atoms with Crippen molar-refractivity contribution in [2.45, 2.75) is 24.7 Å². The van der Waals surface area contributed by atoms with Gasteiger partial charge in [-0.15, -0.1) is 0 Å². The van der Waals surface area contributed by atoms with Gasteiger partial charge in [0.2, 0.25) is 0 Å². The van der Waals surface area contributed by atoms with Crippen LogP contribution in [0, 0.1) is 11.7 Å². The number of Topliss-reactive ketones (excluding diaryl/α,β-unsaturated/α-hetero) is 1. The molecule has 2 atom stereocenters. The van der Waals surface area contributed by atoms with Crippen molar-refractivity contribution in [2.24, 2.45) is 5.92 Å². The molecule has 1 aliphatic carbocycles. The van der Waals surface area contributed by atoms with Crippen LogP contribution in [0.4, 0.5) is 4.39 Å². The van der Waals surface area contributed by atoms with Crippen molar-refractivity contribution in [3.63, 3.8) is 0 Å². The topological polar surface area (TPSA) is 91.7 Å². The normalized spacial score (nSPS) is 26.2. The highest BCUT2D eigenvalue weighted by Crippen LogP contribution is 2.42. The highest BCUT2D eigenvalue weighted by atomic mass is 19.1. The first-order valence-electron chi connectivity index (χ1n) is 6.12. The number of rotatable bonds is 3. The van der Waals surface area contributed by atoms with Gasteiger partial charge in [0.25, 0.3) is 0 Å². The van der Waals surface area contributed by atoms with Crippen molar-refractivity contribution in [3.05, 3.63) is 35.6 Å². The van der Waals surface area contributed by atoms with E-state index in [2.05, 4.69) is 0 Å². The molecule has 0 amide bonds. The van der Waals surface area contributed by atoms with E-state index in [-0.39, 0.29) is 18.4 Å². The standard InChI is InChI=1S/C14H13FO5/c15-10-4-2-1-3-9(10)14(13(19)20)6-5-11(16)8(7-14)12(17)18/h1-4,8H,5-7H2,(H,17,18)(H,19,20). The van der Waals surface area contributed by atoms with Crippen LogP contribution in [0.1, 0.15) is 24.8 Å². The molecule has 1 fully saturated rings. The fourth-order valence-corrected chi connectivity index (χ4v) is 2.70. The molecule has 5 nitrogen and oxygen atoms in total. The minimum atomic E-state index is -1.66. The smallest absolute Gasteiger partial charge is 0.314 e. The lowest BCUT2D eigenvalue weighted by Crippen LogP contribution is -2.46. The fourth-order valence-electron chi connectivity index (χ4n) is 2.70. The van der Waals surface area contributed by atoms with E-state index >= 15 is 0 Å². The second-order valence-corrected chi connectivity index (χ2v) is 4.93. The molecule has 1 aromatic carbocycles. The summed E-state index contributed by atoms with van der Waals surface area (Å²) in [5, 5.41) is 18.5. The van der Waals surface area contributed by atoms with Gasteiger partial charge in [0, 0.05) is 12.0 Å². The Hall–Kier alpha value is -2.24. The SMILES string of the molecule is O=C(O)C1CC(C(=O)O)(c2ccccc2F)CCC1=O. The quantitative estimate of drug-likeness (QED) is 0.820. The predicted octanol–water partition coefficient (Wildman–Crippen LogP) is 1.60. The summed E-state index contributed by atoms with van der Waals surface area (Å²) in [5.41, 5.74) is -1.73. The van der Waals surface area contributed by atoms with E-state index in [9.17, 15) is 23.9 Å². The number of carbonyl (C=O) groups excluding carboxylic acids is 1. The summed E-state index contributed by atoms with van der Waals surface area (Å²) >= 11 is 0. The second-order valence-electron chi connectivity index (χ2n) is 4.93. The first kappa shape index (κ1) is 14.2. The first-order chi connectivity index (χ1) is 9.38. The Balaban J connectivity index is 2.52. The van der Waals surface area contributed by atoms with Crippen molar-refractivity contribution >= 4 is 17.7 Å². The van der Waals surface area contributed by atoms with Crippen LogP contribution in [-0.4, -0.2) is 27.9 Å². The molecule has 2 rings (SSSR count). The maximum absolute atomic E-state index is 13.9. The number of carboxylic acids is 2. The third-order valence-corrected chi connectivity index (χ3v) is 3.84. The molecule has 6 heteroatoms. The van der Waals surface area contributed by atoms with Gasteiger partial charge in [0.15, 0.2) is 0 Å². The zero-order chi connectivity index (χ0) is 14.9. The van der Waals surface area contributed by atoms with E-state index in [0.717, 1.165) is 6.07 Å². The van der Waals surface area contributed by atoms with Crippen molar-refractivity contribution in [2.75, 3.05) is 0 Å². The number of aliphatic carboxylic acids is 2. The second kappa shape index (κ2) is 5.03. The van der Waals surface area contributed by atoms with Crippen LogP contribution >= 0.6 is 0 Å². The predicted molar refractivity (Wildman–Crippen MR) is 65.7 cm³/mol. The molecule has 1 aromatic rings. The third-order valence-electron chi connectivity index (χ3n) is 3.84. The lowest BCUT2D eigenvalue weighted by atomic mass is 9.65. The summed E-state index contributed by atoms with van der Waals surface area (Å²) in [6.07, 6.45) is -0.694. The number of carboxylic acid groups (broad SMARTS) is 2. The summed E-state index contributed by atoms with van der Waals surface area (Å²) in [7, 11) is 0. The van der Waals surface area contributed by atoms with Crippen LogP contribution in [0.3, 0.4) is 0 Å². The van der Waals surface area contributed by atoms with Crippen molar-refractivity contribution in [1.29, 1.82) is 0 Å². The number of hydrogen-bond acceptors (Lipinski definition) is 3. The Morgan fingerprint density at radius 2 is 1.90 bits per heavy atom. The maximum atomic E-state index is 13.9. The average Bonchev–Trinajstić information content (AvgIpc) is 2.40. The van der Waals surface area contributed by atoms with E-state index in [0.29, 0.717) is 0 Å². The molecule has 0 radical (unpaired) electrons. The summed E-state index contributed by atoms with van der Waals surface area (Å²) in [5.74, 6) is -5.28. The van der Waals surface area contributed by atoms with Gasteiger partial charge in [-0.2, -0.15) is 0 Å². The summed E-state index contributed by atoms with van der Waals surface area (Å²) in [6.45, 7) is 0. The highest BCUT2D eigenvalue weighted by molar-refractivity contribution is 6.01. The van der Waals surface area contributed by atoms with Crippen molar-refractivity contribution < 1.29 is 29.0 Å². The molecule has 2 N–H and O–H groups in total. The number of hydrogen-bond donors (Lipinski definition) is 2. The van der Waals surface area contributed by atoms with Crippen molar-refractivity contribution in [3.8, 4) is 0 Å². The Morgan fingerprint density at radius 1 is 1.25 bits per heavy atom. The van der Waals surface area contributed by atoms with Gasteiger partial charge in [-0.05, 0) is 18.9 Å². The minimum Gasteiger partial charge on any atom is -0.481 e. The van der Waals surface area contributed by atoms with E-state index in [1.807, 2.05) is 0 Å².